The van der Waals surface area contributed by atoms with Crippen LogP contribution in [0.25, 0.3) is 0 Å². The standard InChI is InChI=1S/C12H12BrN3/c1-9-4-3-5-10(6-9)16(2)12-11(13)7-14-8-15-12/h3-8H,1-2H3. The number of hydrogen-bond donors (Lipinski definition) is 0. The highest BCUT2D eigenvalue weighted by Crippen LogP contribution is 2.27. The largest absolute Gasteiger partial charge is 0.328 e. The van der Waals surface area contributed by atoms with Gasteiger partial charge in [-0.15, -0.1) is 0 Å². The molecule has 0 fully saturated rings. The molecule has 1 heterocycles. The number of aryl methyl sites for hydroxylation is 1. The molecule has 1 aromatic carbocycles. The molecule has 0 aliphatic heterocycles. The normalized spacial score (nSPS) is 10.2. The first-order valence-corrected chi connectivity index (χ1v) is 5.73. The molecule has 0 aliphatic carbocycles. The summed E-state index contributed by atoms with van der Waals surface area (Å²) in [6.07, 6.45) is 3.29. The van der Waals surface area contributed by atoms with Crippen molar-refractivity contribution in [2.75, 3.05) is 11.9 Å². The number of aromatic nitrogens is 2. The summed E-state index contributed by atoms with van der Waals surface area (Å²) in [4.78, 5) is 10.2. The van der Waals surface area contributed by atoms with Gasteiger partial charge in [0.05, 0.1) is 4.47 Å². The molecule has 0 spiro atoms. The molecule has 0 unspecified atom stereocenters. The fraction of sp³-hybridized carbons (Fsp3) is 0.167. The summed E-state index contributed by atoms with van der Waals surface area (Å²) in [7, 11) is 1.99. The van der Waals surface area contributed by atoms with Crippen molar-refractivity contribution in [2.24, 2.45) is 0 Å². The van der Waals surface area contributed by atoms with Gasteiger partial charge in [0.25, 0.3) is 0 Å². The lowest BCUT2D eigenvalue weighted by atomic mass is 10.2. The van der Waals surface area contributed by atoms with Gasteiger partial charge in [0.1, 0.15) is 6.33 Å². The Labute approximate surface area is 103 Å². The average Bonchev–Trinajstić information content (AvgIpc) is 2.29. The van der Waals surface area contributed by atoms with Crippen LogP contribution in [0.4, 0.5) is 11.5 Å². The third-order valence-electron chi connectivity index (χ3n) is 2.35. The van der Waals surface area contributed by atoms with E-state index in [0.29, 0.717) is 0 Å². The van der Waals surface area contributed by atoms with Crippen LogP contribution in [0.3, 0.4) is 0 Å². The van der Waals surface area contributed by atoms with Crippen molar-refractivity contribution in [3.05, 3.63) is 46.8 Å². The zero-order valence-corrected chi connectivity index (χ0v) is 10.8. The van der Waals surface area contributed by atoms with Gasteiger partial charge >= 0.3 is 0 Å². The van der Waals surface area contributed by atoms with Crippen LogP contribution in [0.2, 0.25) is 0 Å². The van der Waals surface area contributed by atoms with Gasteiger partial charge in [0.2, 0.25) is 0 Å². The van der Waals surface area contributed by atoms with Crippen LogP contribution in [0, 0.1) is 6.92 Å². The molecule has 0 saturated carbocycles. The van der Waals surface area contributed by atoms with Gasteiger partial charge in [-0.05, 0) is 40.5 Å². The van der Waals surface area contributed by atoms with E-state index in [-0.39, 0.29) is 0 Å². The summed E-state index contributed by atoms with van der Waals surface area (Å²) in [5, 5.41) is 0. The highest BCUT2D eigenvalue weighted by Gasteiger charge is 2.08. The molecule has 0 radical (unpaired) electrons. The molecule has 0 N–H and O–H groups in total. The van der Waals surface area contributed by atoms with Gasteiger partial charge < -0.3 is 4.90 Å². The Hall–Kier alpha value is -1.42. The van der Waals surface area contributed by atoms with E-state index in [0.717, 1.165) is 16.0 Å². The minimum Gasteiger partial charge on any atom is -0.328 e. The quantitative estimate of drug-likeness (QED) is 0.843. The maximum absolute atomic E-state index is 4.25. The second-order valence-corrected chi connectivity index (χ2v) is 4.45. The second kappa shape index (κ2) is 4.61. The van der Waals surface area contributed by atoms with Gasteiger partial charge in [0.15, 0.2) is 5.82 Å². The van der Waals surface area contributed by atoms with E-state index in [1.807, 2.05) is 18.0 Å². The van der Waals surface area contributed by atoms with Crippen molar-refractivity contribution >= 4 is 27.4 Å². The summed E-state index contributed by atoms with van der Waals surface area (Å²) in [5.74, 6) is 0.862. The van der Waals surface area contributed by atoms with E-state index in [2.05, 4.69) is 51.0 Å². The van der Waals surface area contributed by atoms with Gasteiger partial charge in [-0.3, -0.25) is 0 Å². The zero-order chi connectivity index (χ0) is 11.5. The molecule has 4 heteroatoms. The van der Waals surface area contributed by atoms with Crippen molar-refractivity contribution in [2.45, 2.75) is 6.92 Å². The van der Waals surface area contributed by atoms with Crippen LogP contribution in [0.1, 0.15) is 5.56 Å². The van der Waals surface area contributed by atoms with Crippen LogP contribution in [-0.4, -0.2) is 17.0 Å². The lowest BCUT2D eigenvalue weighted by Crippen LogP contribution is -2.12. The van der Waals surface area contributed by atoms with E-state index < -0.39 is 0 Å². The predicted molar refractivity (Wildman–Crippen MR) is 69.0 cm³/mol. The van der Waals surface area contributed by atoms with Gasteiger partial charge in [-0.1, -0.05) is 12.1 Å². The Morgan fingerprint density at radius 1 is 1.31 bits per heavy atom. The molecule has 0 bridgehead atoms. The molecule has 2 aromatic rings. The van der Waals surface area contributed by atoms with Crippen LogP contribution < -0.4 is 4.90 Å². The molecule has 0 aliphatic rings. The van der Waals surface area contributed by atoms with Gasteiger partial charge in [0, 0.05) is 18.9 Å². The number of benzene rings is 1. The highest BCUT2D eigenvalue weighted by atomic mass is 79.9. The number of halogens is 1. The van der Waals surface area contributed by atoms with Crippen molar-refractivity contribution in [1.29, 1.82) is 0 Å². The molecule has 1 aromatic heterocycles. The molecular weight excluding hydrogens is 266 g/mol. The molecule has 82 valence electrons. The van der Waals surface area contributed by atoms with Gasteiger partial charge in [-0.25, -0.2) is 9.97 Å². The topological polar surface area (TPSA) is 29.0 Å². The fourth-order valence-corrected chi connectivity index (χ4v) is 2.00. The first kappa shape index (κ1) is 11.1. The molecule has 0 atom stereocenters. The van der Waals surface area contributed by atoms with E-state index in [9.17, 15) is 0 Å². The fourth-order valence-electron chi connectivity index (χ4n) is 1.51. The van der Waals surface area contributed by atoms with Crippen LogP contribution in [0.5, 0.6) is 0 Å². The number of hydrogen-bond acceptors (Lipinski definition) is 3. The van der Waals surface area contributed by atoms with Crippen molar-refractivity contribution < 1.29 is 0 Å². The van der Waals surface area contributed by atoms with E-state index in [1.165, 1.54) is 5.56 Å². The summed E-state index contributed by atoms with van der Waals surface area (Å²) in [5.41, 5.74) is 2.34. The lowest BCUT2D eigenvalue weighted by Gasteiger charge is -2.19. The van der Waals surface area contributed by atoms with Crippen LogP contribution in [-0.2, 0) is 0 Å². The third-order valence-corrected chi connectivity index (χ3v) is 2.91. The summed E-state index contributed by atoms with van der Waals surface area (Å²) in [6, 6.07) is 8.29. The highest BCUT2D eigenvalue weighted by molar-refractivity contribution is 9.10. The average molecular weight is 278 g/mol. The Morgan fingerprint density at radius 2 is 2.12 bits per heavy atom. The first-order chi connectivity index (χ1) is 7.68. The van der Waals surface area contributed by atoms with Crippen molar-refractivity contribution in [3.8, 4) is 0 Å². The second-order valence-electron chi connectivity index (χ2n) is 3.59. The van der Waals surface area contributed by atoms with E-state index in [4.69, 9.17) is 0 Å². The summed E-state index contributed by atoms with van der Waals surface area (Å²) < 4.78 is 0.888. The first-order valence-electron chi connectivity index (χ1n) is 4.94. The van der Waals surface area contributed by atoms with Crippen molar-refractivity contribution in [1.82, 2.24) is 9.97 Å². The molecule has 0 amide bonds. The smallest absolute Gasteiger partial charge is 0.150 e. The van der Waals surface area contributed by atoms with E-state index in [1.54, 1.807) is 12.5 Å². The van der Waals surface area contributed by atoms with Crippen molar-refractivity contribution in [3.63, 3.8) is 0 Å². The molecule has 3 nitrogen and oxygen atoms in total. The van der Waals surface area contributed by atoms with Crippen LogP contribution >= 0.6 is 15.9 Å². The monoisotopic (exact) mass is 277 g/mol. The van der Waals surface area contributed by atoms with Crippen LogP contribution in [0.15, 0.2) is 41.3 Å². The zero-order valence-electron chi connectivity index (χ0n) is 9.18. The Morgan fingerprint density at radius 3 is 2.81 bits per heavy atom. The Bertz CT molecular complexity index is 499. The Kier molecular flexibility index (Phi) is 3.19. The SMILES string of the molecule is Cc1cccc(N(C)c2ncncc2Br)c1. The third kappa shape index (κ3) is 2.22. The molecule has 2 rings (SSSR count). The van der Waals surface area contributed by atoms with E-state index >= 15 is 0 Å². The molecule has 16 heavy (non-hydrogen) atoms. The number of rotatable bonds is 2. The maximum atomic E-state index is 4.25. The minimum atomic E-state index is 0.862. The lowest BCUT2D eigenvalue weighted by molar-refractivity contribution is 1.06. The molecule has 0 saturated heterocycles. The minimum absolute atomic E-state index is 0.862. The molecular formula is C12H12BrN3. The number of anilines is 2. The summed E-state index contributed by atoms with van der Waals surface area (Å²) in [6.45, 7) is 2.08. The Balaban J connectivity index is 2.39. The summed E-state index contributed by atoms with van der Waals surface area (Å²) >= 11 is 3.45. The van der Waals surface area contributed by atoms with Gasteiger partial charge in [-0.2, -0.15) is 0 Å². The number of nitrogens with zero attached hydrogens (tertiary/aromatic N) is 3. The maximum Gasteiger partial charge on any atom is 0.150 e. The predicted octanol–water partition coefficient (Wildman–Crippen LogP) is 3.32.